The van der Waals surface area contributed by atoms with Gasteiger partial charge in [0.15, 0.2) is 4.80 Å². The van der Waals surface area contributed by atoms with E-state index in [-0.39, 0.29) is 5.91 Å². The van der Waals surface area contributed by atoms with E-state index in [0.717, 1.165) is 22.2 Å². The second kappa shape index (κ2) is 7.50. The first-order valence-electron chi connectivity index (χ1n) is 8.29. The number of carbonyl (C=O) groups excluding carboxylic acids is 1. The van der Waals surface area contributed by atoms with Gasteiger partial charge in [0.25, 0.3) is 5.91 Å². The van der Waals surface area contributed by atoms with E-state index in [1.165, 1.54) is 22.5 Å². The third kappa shape index (κ3) is 3.89. The zero-order valence-electron chi connectivity index (χ0n) is 14.5. The molecule has 2 aromatic carbocycles. The zero-order chi connectivity index (χ0) is 17.8. The van der Waals surface area contributed by atoms with Gasteiger partial charge in [0.05, 0.1) is 23.2 Å². The van der Waals surface area contributed by atoms with Crippen LogP contribution in [0.3, 0.4) is 0 Å². The molecule has 25 heavy (non-hydrogen) atoms. The Kier molecular flexibility index (Phi) is 5.16. The van der Waals surface area contributed by atoms with Crippen molar-refractivity contribution in [1.29, 1.82) is 0 Å². The minimum absolute atomic E-state index is 0.154. The van der Waals surface area contributed by atoms with Crippen LogP contribution in [0, 0.1) is 19.3 Å². The maximum atomic E-state index is 12.4. The molecule has 0 saturated heterocycles. The monoisotopic (exact) mass is 348 g/mol. The lowest BCUT2D eigenvalue weighted by atomic mass is 10.1. The van der Waals surface area contributed by atoms with Crippen LogP contribution in [-0.4, -0.2) is 10.5 Å². The van der Waals surface area contributed by atoms with Gasteiger partial charge in [-0.15, -0.1) is 6.42 Å². The van der Waals surface area contributed by atoms with Gasteiger partial charge in [0.2, 0.25) is 0 Å². The van der Waals surface area contributed by atoms with Gasteiger partial charge < -0.3 is 4.57 Å². The topological polar surface area (TPSA) is 34.4 Å². The highest BCUT2D eigenvalue weighted by Gasteiger charge is 2.08. The Morgan fingerprint density at radius 1 is 1.20 bits per heavy atom. The molecule has 0 spiro atoms. The van der Waals surface area contributed by atoms with Gasteiger partial charge in [-0.2, -0.15) is 4.99 Å². The van der Waals surface area contributed by atoms with Crippen LogP contribution in [0.15, 0.2) is 47.5 Å². The lowest BCUT2D eigenvalue weighted by Gasteiger charge is -2.01. The van der Waals surface area contributed by atoms with Crippen LogP contribution in [0.4, 0.5) is 0 Å². The third-order valence-corrected chi connectivity index (χ3v) is 5.14. The molecule has 0 bridgehead atoms. The van der Waals surface area contributed by atoms with E-state index in [9.17, 15) is 4.79 Å². The zero-order valence-corrected chi connectivity index (χ0v) is 15.3. The van der Waals surface area contributed by atoms with Crippen LogP contribution in [0.1, 0.15) is 23.6 Å². The fourth-order valence-electron chi connectivity index (χ4n) is 2.72. The van der Waals surface area contributed by atoms with Crippen molar-refractivity contribution in [2.24, 2.45) is 4.99 Å². The Balaban J connectivity index is 1.94. The van der Waals surface area contributed by atoms with Gasteiger partial charge in [-0.1, -0.05) is 54.5 Å². The van der Waals surface area contributed by atoms with Gasteiger partial charge in [0.1, 0.15) is 0 Å². The number of rotatable bonds is 4. The van der Waals surface area contributed by atoms with Crippen molar-refractivity contribution in [3.63, 3.8) is 0 Å². The molecule has 0 radical (unpaired) electrons. The number of benzene rings is 2. The molecule has 3 aromatic rings. The summed E-state index contributed by atoms with van der Waals surface area (Å²) in [5.74, 6) is 2.50. The van der Waals surface area contributed by atoms with Crippen molar-refractivity contribution in [2.45, 2.75) is 33.2 Å². The summed E-state index contributed by atoms with van der Waals surface area (Å²) < 4.78 is 3.02. The summed E-state index contributed by atoms with van der Waals surface area (Å²) in [6.45, 7) is 4.57. The molecule has 3 nitrogen and oxygen atoms in total. The number of hydrogen-bond donors (Lipinski definition) is 0. The summed E-state index contributed by atoms with van der Waals surface area (Å²) in [7, 11) is 0. The summed E-state index contributed by atoms with van der Waals surface area (Å²) in [6.07, 6.45) is 6.79. The van der Waals surface area contributed by atoms with Gasteiger partial charge in [-0.05, 0) is 42.2 Å². The summed E-state index contributed by atoms with van der Waals surface area (Å²) in [6, 6.07) is 14.3. The maximum absolute atomic E-state index is 12.4. The molecule has 1 aromatic heterocycles. The van der Waals surface area contributed by atoms with E-state index < -0.39 is 0 Å². The number of terminal acetylenes is 1. The second-order valence-electron chi connectivity index (χ2n) is 6.00. The van der Waals surface area contributed by atoms with E-state index in [1.54, 1.807) is 0 Å². The minimum atomic E-state index is -0.154. The molecule has 126 valence electrons. The van der Waals surface area contributed by atoms with E-state index >= 15 is 0 Å². The lowest BCUT2D eigenvalue weighted by Crippen LogP contribution is -2.17. The molecule has 3 rings (SSSR count). The average molecular weight is 348 g/mol. The molecule has 0 aliphatic rings. The largest absolute Gasteiger partial charge is 0.305 e. The first kappa shape index (κ1) is 17.2. The number of carbonyl (C=O) groups is 1. The fourth-order valence-corrected chi connectivity index (χ4v) is 3.87. The smallest absolute Gasteiger partial charge is 0.252 e. The second-order valence-corrected chi connectivity index (χ2v) is 7.01. The predicted octanol–water partition coefficient (Wildman–Crippen LogP) is 3.88. The molecule has 0 atom stereocenters. The molecular weight excluding hydrogens is 328 g/mol. The van der Waals surface area contributed by atoms with Gasteiger partial charge in [0, 0.05) is 0 Å². The Morgan fingerprint density at radius 3 is 2.60 bits per heavy atom. The molecule has 4 heteroatoms. The molecule has 0 fully saturated rings. The van der Waals surface area contributed by atoms with Crippen LogP contribution in [0.25, 0.3) is 10.2 Å². The van der Waals surface area contributed by atoms with E-state index in [0.29, 0.717) is 17.8 Å². The summed E-state index contributed by atoms with van der Waals surface area (Å²) >= 11 is 1.50. The number of hydrogen-bond acceptors (Lipinski definition) is 2. The van der Waals surface area contributed by atoms with Gasteiger partial charge in [-0.3, -0.25) is 4.79 Å². The van der Waals surface area contributed by atoms with Crippen molar-refractivity contribution in [2.75, 3.05) is 0 Å². The highest BCUT2D eigenvalue weighted by atomic mass is 32.1. The van der Waals surface area contributed by atoms with Gasteiger partial charge >= 0.3 is 0 Å². The van der Waals surface area contributed by atoms with Crippen LogP contribution in [0.5, 0.6) is 0 Å². The first-order chi connectivity index (χ1) is 12.1. The molecule has 0 N–H and O–H groups in total. The minimum Gasteiger partial charge on any atom is -0.305 e. The fraction of sp³-hybridized carbons (Fsp3) is 0.238. The number of fused-ring (bicyclic) bond motifs is 1. The Labute approximate surface area is 151 Å². The number of thiazole rings is 1. The highest BCUT2D eigenvalue weighted by molar-refractivity contribution is 7.16. The Bertz CT molecular complexity index is 1020. The molecule has 0 unspecified atom stereocenters. The first-order valence-corrected chi connectivity index (χ1v) is 9.11. The van der Waals surface area contributed by atoms with E-state index in [2.05, 4.69) is 36.0 Å². The van der Waals surface area contributed by atoms with Gasteiger partial charge in [-0.25, -0.2) is 0 Å². The van der Waals surface area contributed by atoms with E-state index in [4.69, 9.17) is 6.42 Å². The van der Waals surface area contributed by atoms with Crippen LogP contribution >= 0.6 is 11.3 Å². The van der Waals surface area contributed by atoms with Crippen molar-refractivity contribution >= 4 is 27.5 Å². The van der Waals surface area contributed by atoms with Crippen molar-refractivity contribution in [3.05, 3.63) is 64.0 Å². The predicted molar refractivity (Wildman–Crippen MR) is 103 cm³/mol. The Hall–Kier alpha value is -2.64. The van der Waals surface area contributed by atoms with Crippen molar-refractivity contribution < 1.29 is 4.79 Å². The molecule has 1 heterocycles. The molecule has 0 aliphatic heterocycles. The normalized spacial score (nSPS) is 11.6. The van der Waals surface area contributed by atoms with E-state index in [1.807, 2.05) is 35.8 Å². The third-order valence-electron chi connectivity index (χ3n) is 4.09. The number of aryl methyl sites for hydroxylation is 2. The molecule has 0 saturated carbocycles. The Morgan fingerprint density at radius 2 is 1.92 bits per heavy atom. The lowest BCUT2D eigenvalue weighted by molar-refractivity contribution is -0.117. The van der Waals surface area contributed by atoms with Crippen molar-refractivity contribution in [1.82, 2.24) is 4.57 Å². The number of aromatic nitrogens is 1. The quantitative estimate of drug-likeness (QED) is 0.659. The van der Waals surface area contributed by atoms with Crippen molar-refractivity contribution in [3.8, 4) is 12.3 Å². The number of amides is 1. The summed E-state index contributed by atoms with van der Waals surface area (Å²) in [5.41, 5.74) is 4.44. The number of nitrogens with zero attached hydrogens (tertiary/aromatic N) is 2. The summed E-state index contributed by atoms with van der Waals surface area (Å²) in [4.78, 5) is 17.4. The molecule has 0 aliphatic carbocycles. The maximum Gasteiger partial charge on any atom is 0.252 e. The average Bonchev–Trinajstić information content (AvgIpc) is 2.92. The summed E-state index contributed by atoms with van der Waals surface area (Å²) in [5, 5.41) is 0. The van der Waals surface area contributed by atoms with Crippen LogP contribution < -0.4 is 4.80 Å². The standard InChI is InChI=1S/C21H20N2OS/c1-4-12-23-18-11-6-15(3)13-19(18)25-21(23)22-20(24)14-17-9-7-16(5-2)8-10-17/h1,6-11,13H,5,12,14H2,2-3H3. The molecular formula is C21H20N2OS. The SMILES string of the molecule is C#CCn1c(=NC(=O)Cc2ccc(CC)cc2)sc2cc(C)ccc21. The van der Waals surface area contributed by atoms with Crippen LogP contribution in [0.2, 0.25) is 0 Å². The highest BCUT2D eigenvalue weighted by Crippen LogP contribution is 2.19. The van der Waals surface area contributed by atoms with Crippen LogP contribution in [-0.2, 0) is 24.2 Å². The molecule has 1 amide bonds.